The molecule has 1 rings (SSSR count). The molecule has 1 saturated carbocycles. The van der Waals surface area contributed by atoms with Crippen molar-refractivity contribution < 1.29 is 8.42 Å². The van der Waals surface area contributed by atoms with Crippen LogP contribution >= 0.6 is 0 Å². The fraction of sp³-hybridized carbons (Fsp3) is 1.00. The van der Waals surface area contributed by atoms with Crippen LogP contribution in [-0.2, 0) is 9.84 Å². The van der Waals surface area contributed by atoms with Crippen molar-refractivity contribution >= 4 is 9.84 Å². The van der Waals surface area contributed by atoms with Gasteiger partial charge in [0.05, 0.1) is 5.25 Å². The summed E-state index contributed by atoms with van der Waals surface area (Å²) in [5.74, 6) is 0.663. The van der Waals surface area contributed by atoms with Crippen molar-refractivity contribution in [3.8, 4) is 0 Å². The van der Waals surface area contributed by atoms with Crippen LogP contribution in [0.25, 0.3) is 0 Å². The molecular weight excluding hydrogens is 272 g/mol. The van der Waals surface area contributed by atoms with Crippen LogP contribution in [0, 0.1) is 5.92 Å². The number of rotatable bonds is 8. The Labute approximate surface area is 125 Å². The summed E-state index contributed by atoms with van der Waals surface area (Å²) in [6.07, 6.45) is 6.53. The van der Waals surface area contributed by atoms with E-state index in [1.807, 2.05) is 0 Å². The Hall–Kier alpha value is -0.130. The number of sulfone groups is 1. The fourth-order valence-electron chi connectivity index (χ4n) is 3.55. The van der Waals surface area contributed by atoms with Gasteiger partial charge in [0.2, 0.25) is 0 Å². The predicted molar refractivity (Wildman–Crippen MR) is 85.8 cm³/mol. The van der Waals surface area contributed by atoms with Crippen LogP contribution in [-0.4, -0.2) is 57.5 Å². The van der Waals surface area contributed by atoms with Gasteiger partial charge in [-0.05, 0) is 32.9 Å². The summed E-state index contributed by atoms with van der Waals surface area (Å²) in [5.41, 5.74) is 0. The van der Waals surface area contributed by atoms with Gasteiger partial charge in [0.15, 0.2) is 9.84 Å². The number of hydrogen-bond donors (Lipinski definition) is 1. The van der Waals surface area contributed by atoms with E-state index in [-0.39, 0.29) is 11.3 Å². The minimum atomic E-state index is -2.93. The third-order valence-corrected chi connectivity index (χ3v) is 6.51. The van der Waals surface area contributed by atoms with Gasteiger partial charge in [-0.2, -0.15) is 0 Å². The largest absolute Gasteiger partial charge is 0.311 e. The van der Waals surface area contributed by atoms with E-state index in [1.54, 1.807) is 0 Å². The second kappa shape index (κ2) is 7.76. The molecule has 1 N–H and O–H groups in total. The van der Waals surface area contributed by atoms with Gasteiger partial charge in [0.25, 0.3) is 0 Å². The molecule has 1 aliphatic rings. The number of nitrogens with one attached hydrogen (secondary N) is 1. The summed E-state index contributed by atoms with van der Waals surface area (Å²) in [5, 5.41) is 3.36. The Morgan fingerprint density at radius 1 is 1.20 bits per heavy atom. The van der Waals surface area contributed by atoms with E-state index in [2.05, 4.69) is 38.2 Å². The lowest BCUT2D eigenvalue weighted by Crippen LogP contribution is -2.48. The highest BCUT2D eigenvalue weighted by molar-refractivity contribution is 7.91. The molecular formula is C15H32N2O2S. The van der Waals surface area contributed by atoms with E-state index in [0.29, 0.717) is 12.0 Å². The maximum Gasteiger partial charge on any atom is 0.151 e. The van der Waals surface area contributed by atoms with Crippen LogP contribution in [0.2, 0.25) is 0 Å². The van der Waals surface area contributed by atoms with Gasteiger partial charge in [0, 0.05) is 24.9 Å². The second-order valence-electron chi connectivity index (χ2n) is 6.42. The Morgan fingerprint density at radius 2 is 1.80 bits per heavy atom. The minimum absolute atomic E-state index is 0.141. The zero-order valence-electron chi connectivity index (χ0n) is 13.7. The summed E-state index contributed by atoms with van der Waals surface area (Å²) in [6.45, 7) is 5.36. The normalized spacial score (nSPS) is 25.6. The van der Waals surface area contributed by atoms with Crippen molar-refractivity contribution in [2.45, 2.75) is 63.3 Å². The van der Waals surface area contributed by atoms with Gasteiger partial charge in [-0.25, -0.2) is 8.42 Å². The Balaban J connectivity index is 2.63. The maximum atomic E-state index is 11.8. The Morgan fingerprint density at radius 3 is 2.25 bits per heavy atom. The molecule has 1 aliphatic carbocycles. The van der Waals surface area contributed by atoms with Crippen LogP contribution in [0.5, 0.6) is 0 Å². The lowest BCUT2D eigenvalue weighted by molar-refractivity contribution is 0.189. The highest BCUT2D eigenvalue weighted by Crippen LogP contribution is 2.25. The summed E-state index contributed by atoms with van der Waals surface area (Å²) >= 11 is 0. The van der Waals surface area contributed by atoms with Crippen LogP contribution in [0.4, 0.5) is 0 Å². The van der Waals surface area contributed by atoms with E-state index >= 15 is 0 Å². The first kappa shape index (κ1) is 17.9. The standard InChI is InChI=1S/C15H32N2O2S/c1-6-12(7-2)14(17(3)4)11-16-13-9-8-10-15(13)20(5,18)19/h12-16H,6-11H2,1-5H3. The first-order valence-corrected chi connectivity index (χ1v) is 9.85. The van der Waals surface area contributed by atoms with Crippen molar-refractivity contribution in [3.05, 3.63) is 0 Å². The number of likely N-dealkylation sites (N-methyl/N-ethyl adjacent to an activating group) is 1. The number of nitrogens with zero attached hydrogens (tertiary/aromatic N) is 1. The molecule has 0 amide bonds. The molecule has 0 aromatic heterocycles. The molecule has 4 nitrogen and oxygen atoms in total. The molecule has 20 heavy (non-hydrogen) atoms. The summed E-state index contributed by atoms with van der Waals surface area (Å²) in [4.78, 5) is 2.27. The van der Waals surface area contributed by atoms with Gasteiger partial charge >= 0.3 is 0 Å². The summed E-state index contributed by atoms with van der Waals surface area (Å²) < 4.78 is 23.6. The summed E-state index contributed by atoms with van der Waals surface area (Å²) in [7, 11) is 1.31. The average molecular weight is 304 g/mol. The van der Waals surface area contributed by atoms with Crippen molar-refractivity contribution in [1.82, 2.24) is 10.2 Å². The van der Waals surface area contributed by atoms with E-state index in [1.165, 1.54) is 19.1 Å². The van der Waals surface area contributed by atoms with E-state index in [9.17, 15) is 8.42 Å². The molecule has 120 valence electrons. The molecule has 0 radical (unpaired) electrons. The van der Waals surface area contributed by atoms with Gasteiger partial charge in [-0.15, -0.1) is 0 Å². The molecule has 3 unspecified atom stereocenters. The van der Waals surface area contributed by atoms with Crippen molar-refractivity contribution in [3.63, 3.8) is 0 Å². The topological polar surface area (TPSA) is 49.4 Å². The second-order valence-corrected chi connectivity index (χ2v) is 8.69. The summed E-state index contributed by atoms with van der Waals surface area (Å²) in [6, 6.07) is 0.618. The quantitative estimate of drug-likeness (QED) is 0.744. The third kappa shape index (κ3) is 4.71. The molecule has 0 aromatic rings. The molecule has 1 fully saturated rings. The minimum Gasteiger partial charge on any atom is -0.311 e. The zero-order valence-corrected chi connectivity index (χ0v) is 14.5. The van der Waals surface area contributed by atoms with Crippen LogP contribution < -0.4 is 5.32 Å². The lowest BCUT2D eigenvalue weighted by atomic mass is 9.93. The molecule has 5 heteroatoms. The van der Waals surface area contributed by atoms with Gasteiger partial charge in [-0.3, -0.25) is 0 Å². The molecule has 0 spiro atoms. The van der Waals surface area contributed by atoms with Gasteiger partial charge < -0.3 is 10.2 Å². The molecule has 3 atom stereocenters. The van der Waals surface area contributed by atoms with Crippen LogP contribution in [0.3, 0.4) is 0 Å². The average Bonchev–Trinajstić information content (AvgIpc) is 2.82. The predicted octanol–water partition coefficient (Wildman–Crippen LogP) is 1.91. The third-order valence-electron chi connectivity index (χ3n) is 4.85. The molecule has 0 aliphatic heterocycles. The Bertz CT molecular complexity index is 377. The molecule has 0 heterocycles. The molecule has 0 aromatic carbocycles. The zero-order chi connectivity index (χ0) is 15.3. The SMILES string of the molecule is CCC(CC)C(CNC1CCCC1S(C)(=O)=O)N(C)C. The first-order valence-electron chi connectivity index (χ1n) is 7.89. The van der Waals surface area contributed by atoms with E-state index in [0.717, 1.165) is 25.8 Å². The van der Waals surface area contributed by atoms with Crippen molar-refractivity contribution in [2.24, 2.45) is 5.92 Å². The smallest absolute Gasteiger partial charge is 0.151 e. The van der Waals surface area contributed by atoms with Crippen LogP contribution in [0.1, 0.15) is 46.0 Å². The van der Waals surface area contributed by atoms with Crippen molar-refractivity contribution in [2.75, 3.05) is 26.9 Å². The monoisotopic (exact) mass is 304 g/mol. The highest BCUT2D eigenvalue weighted by atomic mass is 32.2. The van der Waals surface area contributed by atoms with E-state index < -0.39 is 9.84 Å². The van der Waals surface area contributed by atoms with Gasteiger partial charge in [0.1, 0.15) is 0 Å². The first-order chi connectivity index (χ1) is 9.31. The highest BCUT2D eigenvalue weighted by Gasteiger charge is 2.35. The van der Waals surface area contributed by atoms with E-state index in [4.69, 9.17) is 0 Å². The maximum absolute atomic E-state index is 11.8. The lowest BCUT2D eigenvalue weighted by Gasteiger charge is -2.33. The number of hydrogen-bond acceptors (Lipinski definition) is 4. The van der Waals surface area contributed by atoms with Gasteiger partial charge in [-0.1, -0.05) is 33.1 Å². The van der Waals surface area contributed by atoms with Crippen LogP contribution in [0.15, 0.2) is 0 Å². The fourth-order valence-corrected chi connectivity index (χ4v) is 4.97. The molecule has 0 saturated heterocycles. The van der Waals surface area contributed by atoms with Crippen molar-refractivity contribution in [1.29, 1.82) is 0 Å². The molecule has 0 bridgehead atoms. The Kier molecular flexibility index (Phi) is 6.95.